The number of aryl methyl sites for hydroxylation is 1. The molecule has 2 N–H and O–H groups in total. The summed E-state index contributed by atoms with van der Waals surface area (Å²) in [6.07, 6.45) is -0.812. The maximum Gasteiger partial charge on any atom is 0.418 e. The Morgan fingerprint density at radius 3 is 2.74 bits per heavy atom. The predicted octanol–water partition coefficient (Wildman–Crippen LogP) is 3.25. The van der Waals surface area contributed by atoms with Gasteiger partial charge in [-0.25, -0.2) is 4.98 Å². The number of alkyl halides is 3. The third-order valence-electron chi connectivity index (χ3n) is 5.71. The van der Waals surface area contributed by atoms with E-state index in [1.807, 2.05) is 18.9 Å². The molecule has 0 saturated heterocycles. The number of halogens is 3. The number of aromatic nitrogens is 3. The van der Waals surface area contributed by atoms with Gasteiger partial charge in [-0.05, 0) is 38.7 Å². The van der Waals surface area contributed by atoms with E-state index in [1.54, 1.807) is 6.92 Å². The van der Waals surface area contributed by atoms with Crippen LogP contribution in [0.1, 0.15) is 31.0 Å². The first-order chi connectivity index (χ1) is 14.6. The maximum atomic E-state index is 12.8. The summed E-state index contributed by atoms with van der Waals surface area (Å²) in [6.45, 7) is 3.94. The predicted molar refractivity (Wildman–Crippen MR) is 108 cm³/mol. The van der Waals surface area contributed by atoms with Crippen LogP contribution >= 0.6 is 0 Å². The second kappa shape index (κ2) is 7.86. The number of hydrogen-bond acceptors (Lipinski definition) is 7. The molecule has 0 spiro atoms. The Morgan fingerprint density at radius 1 is 1.29 bits per heavy atom. The lowest BCUT2D eigenvalue weighted by atomic mass is 9.81. The second-order valence-corrected chi connectivity index (χ2v) is 8.00. The van der Waals surface area contributed by atoms with Crippen molar-refractivity contribution in [3.8, 4) is 5.75 Å². The van der Waals surface area contributed by atoms with Gasteiger partial charge in [-0.2, -0.15) is 18.2 Å². The van der Waals surface area contributed by atoms with E-state index in [1.165, 1.54) is 6.20 Å². The van der Waals surface area contributed by atoms with Crippen molar-refractivity contribution in [2.45, 2.75) is 44.9 Å². The van der Waals surface area contributed by atoms with Gasteiger partial charge in [0, 0.05) is 19.3 Å². The number of amides is 1. The molecule has 3 heterocycles. The molecule has 0 aromatic carbocycles. The molecule has 1 aliphatic carbocycles. The van der Waals surface area contributed by atoms with Crippen LogP contribution in [0.4, 0.5) is 30.6 Å². The molecule has 1 fully saturated rings. The van der Waals surface area contributed by atoms with Gasteiger partial charge in [-0.3, -0.25) is 9.78 Å². The van der Waals surface area contributed by atoms with Crippen LogP contribution in [0.15, 0.2) is 18.5 Å². The lowest BCUT2D eigenvalue weighted by Gasteiger charge is -2.36. The minimum absolute atomic E-state index is 0.0970. The average molecular weight is 436 g/mol. The van der Waals surface area contributed by atoms with Gasteiger partial charge in [0.1, 0.15) is 17.5 Å². The summed E-state index contributed by atoms with van der Waals surface area (Å²) in [4.78, 5) is 26.4. The van der Waals surface area contributed by atoms with Gasteiger partial charge in [0.15, 0.2) is 5.82 Å². The quantitative estimate of drug-likeness (QED) is 0.743. The number of nitrogens with zero attached hydrogens (tertiary/aromatic N) is 4. The highest BCUT2D eigenvalue weighted by Gasteiger charge is 2.34. The third-order valence-corrected chi connectivity index (χ3v) is 5.71. The van der Waals surface area contributed by atoms with Gasteiger partial charge in [-0.15, -0.1) is 0 Å². The SMILES string of the molecule is Cc1nc(N[C@H]2C[C@@H](COc3cncc(C(F)(F)F)c3)C2)nc2c1NC(=O)[C@H](C)N2C. The van der Waals surface area contributed by atoms with Gasteiger partial charge in [-0.1, -0.05) is 0 Å². The van der Waals surface area contributed by atoms with Crippen molar-refractivity contribution in [1.82, 2.24) is 15.0 Å². The van der Waals surface area contributed by atoms with Crippen molar-refractivity contribution in [3.05, 3.63) is 29.7 Å². The van der Waals surface area contributed by atoms with E-state index in [9.17, 15) is 18.0 Å². The minimum Gasteiger partial charge on any atom is -0.492 e. The van der Waals surface area contributed by atoms with E-state index in [0.717, 1.165) is 25.1 Å². The Kier molecular flexibility index (Phi) is 5.36. The lowest BCUT2D eigenvalue weighted by Crippen LogP contribution is -2.45. The van der Waals surface area contributed by atoms with Crippen molar-refractivity contribution in [3.63, 3.8) is 0 Å². The number of pyridine rings is 1. The Labute approximate surface area is 177 Å². The zero-order valence-electron chi connectivity index (χ0n) is 17.3. The maximum absolute atomic E-state index is 12.8. The largest absolute Gasteiger partial charge is 0.492 e. The fourth-order valence-electron chi connectivity index (χ4n) is 3.65. The molecule has 166 valence electrons. The van der Waals surface area contributed by atoms with Crippen LogP contribution in [0.25, 0.3) is 0 Å². The van der Waals surface area contributed by atoms with Crippen molar-refractivity contribution in [2.75, 3.05) is 29.2 Å². The van der Waals surface area contributed by atoms with E-state index >= 15 is 0 Å². The summed E-state index contributed by atoms with van der Waals surface area (Å²) in [7, 11) is 1.82. The van der Waals surface area contributed by atoms with E-state index in [4.69, 9.17) is 4.74 Å². The minimum atomic E-state index is -4.44. The molecule has 2 aromatic heterocycles. The van der Waals surface area contributed by atoms with Gasteiger partial charge in [0.05, 0.1) is 24.1 Å². The van der Waals surface area contributed by atoms with Gasteiger partial charge in [0.25, 0.3) is 0 Å². The summed E-state index contributed by atoms with van der Waals surface area (Å²) in [5.74, 6) is 1.38. The number of fused-ring (bicyclic) bond motifs is 1. The van der Waals surface area contributed by atoms with Gasteiger partial charge < -0.3 is 20.3 Å². The van der Waals surface area contributed by atoms with E-state index in [-0.39, 0.29) is 29.7 Å². The number of hydrogen-bond donors (Lipinski definition) is 2. The van der Waals surface area contributed by atoms with E-state index < -0.39 is 11.7 Å². The normalized spacial score (nSPS) is 23.0. The summed E-state index contributed by atoms with van der Waals surface area (Å²) in [6, 6.07) is 0.776. The first kappa shape index (κ1) is 21.1. The summed E-state index contributed by atoms with van der Waals surface area (Å²) >= 11 is 0. The molecule has 1 amide bonds. The van der Waals surface area contributed by atoms with Crippen LogP contribution in [0, 0.1) is 12.8 Å². The molecule has 1 saturated carbocycles. The highest BCUT2D eigenvalue weighted by molar-refractivity contribution is 6.03. The topological polar surface area (TPSA) is 92.3 Å². The number of likely N-dealkylation sites (N-methyl/N-ethyl adjacent to an activating group) is 1. The fourth-order valence-corrected chi connectivity index (χ4v) is 3.65. The number of anilines is 3. The molecule has 0 unspecified atom stereocenters. The molecule has 1 aliphatic heterocycles. The second-order valence-electron chi connectivity index (χ2n) is 8.00. The Balaban J connectivity index is 1.32. The molecule has 2 aromatic rings. The molecule has 1 atom stereocenters. The average Bonchev–Trinajstić information content (AvgIpc) is 2.68. The zero-order valence-corrected chi connectivity index (χ0v) is 17.3. The van der Waals surface area contributed by atoms with Crippen LogP contribution in [0.3, 0.4) is 0 Å². The Hall–Kier alpha value is -3.11. The van der Waals surface area contributed by atoms with Crippen LogP contribution < -0.4 is 20.3 Å². The lowest BCUT2D eigenvalue weighted by molar-refractivity contribution is -0.138. The highest BCUT2D eigenvalue weighted by atomic mass is 19.4. The molecule has 2 aliphatic rings. The first-order valence-electron chi connectivity index (χ1n) is 9.95. The summed E-state index contributed by atoms with van der Waals surface area (Å²) < 4.78 is 43.8. The molecule has 31 heavy (non-hydrogen) atoms. The van der Waals surface area contributed by atoms with Crippen LogP contribution in [-0.4, -0.2) is 46.6 Å². The Morgan fingerprint density at radius 2 is 2.03 bits per heavy atom. The molecular weight excluding hydrogens is 413 g/mol. The summed E-state index contributed by atoms with van der Waals surface area (Å²) in [5.41, 5.74) is 0.468. The van der Waals surface area contributed by atoms with Gasteiger partial charge in [0.2, 0.25) is 11.9 Å². The van der Waals surface area contributed by atoms with Gasteiger partial charge >= 0.3 is 6.18 Å². The van der Waals surface area contributed by atoms with Crippen molar-refractivity contribution in [2.24, 2.45) is 5.92 Å². The van der Waals surface area contributed by atoms with E-state index in [2.05, 4.69) is 25.6 Å². The third kappa shape index (κ3) is 4.35. The number of nitrogens with one attached hydrogen (secondary N) is 2. The fraction of sp³-hybridized carbons (Fsp3) is 0.500. The van der Waals surface area contributed by atoms with Crippen LogP contribution in [0.5, 0.6) is 5.75 Å². The monoisotopic (exact) mass is 436 g/mol. The summed E-state index contributed by atoms with van der Waals surface area (Å²) in [5, 5.41) is 6.14. The first-order valence-corrected chi connectivity index (χ1v) is 9.95. The number of ether oxygens (including phenoxy) is 1. The van der Waals surface area contributed by atoms with E-state index in [0.29, 0.717) is 29.8 Å². The van der Waals surface area contributed by atoms with Crippen LogP contribution in [-0.2, 0) is 11.0 Å². The molecule has 8 nitrogen and oxygen atoms in total. The standard InChI is InChI=1S/C20H23F3N6O2/c1-10-16-17(29(3)11(2)18(30)27-16)28-19(25-10)26-14-4-12(5-14)9-31-15-6-13(7-24-8-15)20(21,22)23/h6-8,11-12,14H,4-5,9H2,1-3H3,(H,27,30)(H,25,26,28)/t11-,12-,14+/m0/s1. The van der Waals surface area contributed by atoms with Crippen molar-refractivity contribution >= 4 is 23.4 Å². The molecule has 4 rings (SSSR count). The van der Waals surface area contributed by atoms with Crippen molar-refractivity contribution < 1.29 is 22.7 Å². The molecular formula is C20H23F3N6O2. The zero-order chi connectivity index (χ0) is 22.3. The number of carbonyl (C=O) groups excluding carboxylic acids is 1. The number of carbonyl (C=O) groups is 1. The molecule has 11 heteroatoms. The molecule has 0 bridgehead atoms. The smallest absolute Gasteiger partial charge is 0.418 e. The highest BCUT2D eigenvalue weighted by Crippen LogP contribution is 2.35. The number of rotatable bonds is 5. The van der Waals surface area contributed by atoms with Crippen molar-refractivity contribution in [1.29, 1.82) is 0 Å². The Bertz CT molecular complexity index is 993. The van der Waals surface area contributed by atoms with Crippen LogP contribution in [0.2, 0.25) is 0 Å². The molecule has 0 radical (unpaired) electrons.